The van der Waals surface area contributed by atoms with E-state index in [2.05, 4.69) is 21.0 Å². The van der Waals surface area contributed by atoms with E-state index in [1.807, 2.05) is 66.7 Å². The van der Waals surface area contributed by atoms with Gasteiger partial charge in [-0.1, -0.05) is 60.7 Å². The first-order valence-corrected chi connectivity index (χ1v) is 11.2. The summed E-state index contributed by atoms with van der Waals surface area (Å²) in [4.78, 5) is 19.1. The van der Waals surface area contributed by atoms with Gasteiger partial charge in [0.1, 0.15) is 12.3 Å². The van der Waals surface area contributed by atoms with Crippen molar-refractivity contribution in [1.82, 2.24) is 21.0 Å². The number of nitrogens with one attached hydrogen (secondary N) is 2. The van der Waals surface area contributed by atoms with Crippen LogP contribution in [0.1, 0.15) is 54.5 Å². The summed E-state index contributed by atoms with van der Waals surface area (Å²) in [5.74, 6) is 0.766. The Labute approximate surface area is 191 Å². The molecule has 3 aromatic rings. The van der Waals surface area contributed by atoms with Crippen molar-refractivity contribution in [1.29, 1.82) is 0 Å². The number of hydrogen-bond acceptors (Lipinski definition) is 7. The average molecular weight is 447 g/mol. The number of hydrogen-bond donors (Lipinski definition) is 3. The lowest BCUT2D eigenvalue weighted by Gasteiger charge is -2.27. The number of aromatic nitrogens is 2. The molecule has 8 heteroatoms. The molecule has 0 bridgehead atoms. The highest BCUT2D eigenvalue weighted by molar-refractivity contribution is 5.93. The smallest absolute Gasteiger partial charge is 0.269 e. The summed E-state index contributed by atoms with van der Waals surface area (Å²) in [6.45, 7) is -0.254. The van der Waals surface area contributed by atoms with Gasteiger partial charge in [0.2, 0.25) is 11.8 Å². The third-order valence-corrected chi connectivity index (χ3v) is 6.35. The fraction of sp³-hybridized carbons (Fsp3) is 0.320. The van der Waals surface area contributed by atoms with E-state index in [0.717, 1.165) is 36.8 Å². The normalized spacial score (nSPS) is 21.8. The highest BCUT2D eigenvalue weighted by Crippen LogP contribution is 2.39. The van der Waals surface area contributed by atoms with E-state index in [-0.39, 0.29) is 30.4 Å². The first-order valence-electron chi connectivity index (χ1n) is 11.2. The molecule has 170 valence electrons. The van der Waals surface area contributed by atoms with Gasteiger partial charge in [0.15, 0.2) is 5.60 Å². The van der Waals surface area contributed by atoms with Crippen LogP contribution in [-0.2, 0) is 21.8 Å². The van der Waals surface area contributed by atoms with Crippen molar-refractivity contribution < 1.29 is 19.2 Å². The molecule has 0 saturated heterocycles. The minimum absolute atomic E-state index is 0.0557. The Hall–Kier alpha value is -3.49. The van der Waals surface area contributed by atoms with Crippen LogP contribution in [0.5, 0.6) is 0 Å². The maximum absolute atomic E-state index is 13.1. The SMILES string of the molecule is O=C(N[C@H]1CC[C@@H](c2nnc(CO)o2)CC1)C1=CC(c2ccccc2)(c2ccccc2)ON1. The second-order valence-electron chi connectivity index (χ2n) is 8.44. The molecule has 0 radical (unpaired) electrons. The molecule has 1 saturated carbocycles. The summed E-state index contributed by atoms with van der Waals surface area (Å²) >= 11 is 0. The van der Waals surface area contributed by atoms with Crippen LogP contribution in [0.15, 0.2) is 76.9 Å². The summed E-state index contributed by atoms with van der Waals surface area (Å²) in [6, 6.07) is 19.8. The molecule has 5 rings (SSSR count). The van der Waals surface area contributed by atoms with E-state index in [9.17, 15) is 4.79 Å². The molecule has 1 amide bonds. The number of benzene rings is 2. The quantitative estimate of drug-likeness (QED) is 0.534. The number of amides is 1. The van der Waals surface area contributed by atoms with Crippen molar-refractivity contribution in [3.63, 3.8) is 0 Å². The summed E-state index contributed by atoms with van der Waals surface area (Å²) in [5.41, 5.74) is 4.27. The predicted molar refractivity (Wildman–Crippen MR) is 119 cm³/mol. The van der Waals surface area contributed by atoms with Crippen LogP contribution in [0.2, 0.25) is 0 Å². The zero-order valence-corrected chi connectivity index (χ0v) is 18.1. The summed E-state index contributed by atoms with van der Waals surface area (Å²) in [7, 11) is 0. The number of aliphatic hydroxyl groups is 1. The Kier molecular flexibility index (Phi) is 5.93. The molecule has 1 fully saturated rings. The molecule has 2 heterocycles. The van der Waals surface area contributed by atoms with Gasteiger partial charge in [0.05, 0.1) is 0 Å². The molecule has 33 heavy (non-hydrogen) atoms. The molecular weight excluding hydrogens is 420 g/mol. The van der Waals surface area contributed by atoms with Crippen LogP contribution in [0, 0.1) is 0 Å². The van der Waals surface area contributed by atoms with Crippen LogP contribution in [0.3, 0.4) is 0 Å². The highest BCUT2D eigenvalue weighted by atomic mass is 16.7. The Balaban J connectivity index is 1.28. The lowest BCUT2D eigenvalue weighted by Crippen LogP contribution is -2.39. The van der Waals surface area contributed by atoms with Crippen LogP contribution in [0.25, 0.3) is 0 Å². The van der Waals surface area contributed by atoms with Crippen molar-refractivity contribution in [3.8, 4) is 0 Å². The second kappa shape index (κ2) is 9.17. The predicted octanol–water partition coefficient (Wildman–Crippen LogP) is 3.07. The van der Waals surface area contributed by atoms with Crippen molar-refractivity contribution in [2.24, 2.45) is 0 Å². The summed E-state index contributed by atoms with van der Waals surface area (Å²) < 4.78 is 5.48. The van der Waals surface area contributed by atoms with Crippen LogP contribution in [0.4, 0.5) is 0 Å². The third-order valence-electron chi connectivity index (χ3n) is 6.35. The Bertz CT molecular complexity index is 1080. The molecule has 8 nitrogen and oxygen atoms in total. The van der Waals surface area contributed by atoms with Crippen molar-refractivity contribution >= 4 is 5.91 Å². The van der Waals surface area contributed by atoms with Gasteiger partial charge in [-0.3, -0.25) is 15.1 Å². The molecular formula is C25H26N4O4. The maximum Gasteiger partial charge on any atom is 0.269 e. The number of carbonyl (C=O) groups excluding carboxylic acids is 1. The monoisotopic (exact) mass is 446 g/mol. The van der Waals surface area contributed by atoms with Crippen LogP contribution in [-0.4, -0.2) is 27.3 Å². The van der Waals surface area contributed by atoms with Crippen molar-refractivity contribution in [3.05, 3.63) is 95.3 Å². The van der Waals surface area contributed by atoms with Crippen molar-refractivity contribution in [2.75, 3.05) is 0 Å². The Morgan fingerprint density at radius 3 is 2.21 bits per heavy atom. The Morgan fingerprint density at radius 1 is 1.00 bits per heavy atom. The molecule has 0 spiro atoms. The molecule has 2 aliphatic rings. The maximum atomic E-state index is 13.1. The van der Waals surface area contributed by atoms with Crippen LogP contribution >= 0.6 is 0 Å². The fourth-order valence-corrected chi connectivity index (χ4v) is 4.58. The molecule has 1 aliphatic carbocycles. The standard InChI is InChI=1S/C25H26N4O4/c30-16-22-27-28-24(32-22)17-11-13-20(14-12-17)26-23(31)21-15-25(33-29-21,18-7-3-1-4-8-18)19-9-5-2-6-10-19/h1-10,15,17,20,29-30H,11-14,16H2,(H,26,31)/t17-,20+. The largest absolute Gasteiger partial charge is 0.422 e. The van der Waals surface area contributed by atoms with Gasteiger partial charge >= 0.3 is 0 Å². The zero-order chi connectivity index (χ0) is 22.7. The van der Waals surface area contributed by atoms with Gasteiger partial charge in [-0.05, 0) is 42.9 Å². The van der Waals surface area contributed by atoms with E-state index in [4.69, 9.17) is 14.4 Å². The van der Waals surface area contributed by atoms with E-state index >= 15 is 0 Å². The first kappa shape index (κ1) is 21.4. The molecule has 0 atom stereocenters. The number of nitrogens with zero attached hydrogens (tertiary/aromatic N) is 2. The molecule has 1 aliphatic heterocycles. The number of hydroxylamine groups is 1. The first-order chi connectivity index (χ1) is 16.2. The molecule has 0 unspecified atom stereocenters. The number of carbonyl (C=O) groups is 1. The van der Waals surface area contributed by atoms with E-state index in [1.165, 1.54) is 0 Å². The van der Waals surface area contributed by atoms with Gasteiger partial charge in [-0.2, -0.15) is 0 Å². The lowest BCUT2D eigenvalue weighted by atomic mass is 9.85. The van der Waals surface area contributed by atoms with Crippen molar-refractivity contribution in [2.45, 2.75) is 49.9 Å². The highest BCUT2D eigenvalue weighted by Gasteiger charge is 2.41. The molecule has 2 aromatic carbocycles. The topological polar surface area (TPSA) is 110 Å². The summed E-state index contributed by atoms with van der Waals surface area (Å²) in [6.07, 6.45) is 5.14. The van der Waals surface area contributed by atoms with E-state index in [0.29, 0.717) is 11.6 Å². The van der Waals surface area contributed by atoms with Gasteiger partial charge in [0.25, 0.3) is 5.91 Å². The van der Waals surface area contributed by atoms with Crippen LogP contribution < -0.4 is 10.8 Å². The second-order valence-corrected chi connectivity index (χ2v) is 8.44. The Morgan fingerprint density at radius 2 is 1.64 bits per heavy atom. The molecule has 3 N–H and O–H groups in total. The molecule has 1 aromatic heterocycles. The summed E-state index contributed by atoms with van der Waals surface area (Å²) in [5, 5.41) is 20.1. The van der Waals surface area contributed by atoms with E-state index in [1.54, 1.807) is 0 Å². The van der Waals surface area contributed by atoms with Gasteiger partial charge in [-0.25, -0.2) is 0 Å². The number of aliphatic hydroxyl groups excluding tert-OH is 1. The minimum atomic E-state index is -0.880. The average Bonchev–Trinajstić information content (AvgIpc) is 3.54. The number of rotatable bonds is 6. The fourth-order valence-electron chi connectivity index (χ4n) is 4.58. The van der Waals surface area contributed by atoms with Gasteiger partial charge in [0, 0.05) is 12.0 Å². The minimum Gasteiger partial charge on any atom is -0.422 e. The lowest BCUT2D eigenvalue weighted by molar-refractivity contribution is -0.120. The van der Waals surface area contributed by atoms with Gasteiger partial charge in [-0.15, -0.1) is 10.2 Å². The zero-order valence-electron chi connectivity index (χ0n) is 18.1. The third kappa shape index (κ3) is 4.27. The van der Waals surface area contributed by atoms with E-state index < -0.39 is 5.60 Å². The van der Waals surface area contributed by atoms with Gasteiger partial charge < -0.3 is 14.8 Å².